The maximum Gasteiger partial charge on any atom is 0.270 e. The van der Waals surface area contributed by atoms with Crippen LogP contribution in [-0.2, 0) is 0 Å². The average Bonchev–Trinajstić information content (AvgIpc) is 2.42. The number of methoxy groups -OCH3 is 1. The van der Waals surface area contributed by atoms with Crippen LogP contribution in [0.1, 0.15) is 11.7 Å². The molecule has 0 spiro atoms. The molecule has 0 saturated heterocycles. The lowest BCUT2D eigenvalue weighted by Crippen LogP contribution is -2.21. The predicted octanol–water partition coefficient (Wildman–Crippen LogP) is 1.31. The number of hydrogen-bond donors (Lipinski definition) is 2. The first-order valence-corrected chi connectivity index (χ1v) is 5.20. The number of rotatable bonds is 6. The number of aliphatic hydroxyl groups excluding tert-OH is 2. The summed E-state index contributed by atoms with van der Waals surface area (Å²) < 4.78 is 4.96. The van der Waals surface area contributed by atoms with E-state index in [0.717, 1.165) is 6.07 Å². The topological polar surface area (TPSA) is 142 Å². The Hall–Kier alpha value is -2.35. The Labute approximate surface area is 107 Å². The summed E-state index contributed by atoms with van der Waals surface area (Å²) in [6, 6.07) is 3.63. The SMILES string of the molecule is COc1ccc([N+](=O)[O-])cc1C(O)C(O)CN=[N+]=[N-]. The summed E-state index contributed by atoms with van der Waals surface area (Å²) >= 11 is 0. The highest BCUT2D eigenvalue weighted by Gasteiger charge is 2.23. The monoisotopic (exact) mass is 268 g/mol. The number of nitrogens with zero attached hydrogens (tertiary/aromatic N) is 4. The lowest BCUT2D eigenvalue weighted by molar-refractivity contribution is -0.385. The molecule has 0 saturated carbocycles. The van der Waals surface area contributed by atoms with Gasteiger partial charge in [-0.05, 0) is 11.6 Å². The van der Waals surface area contributed by atoms with Gasteiger partial charge < -0.3 is 14.9 Å². The van der Waals surface area contributed by atoms with Crippen LogP contribution >= 0.6 is 0 Å². The molecule has 1 aromatic rings. The number of nitro groups is 1. The van der Waals surface area contributed by atoms with Crippen molar-refractivity contribution in [3.63, 3.8) is 0 Å². The maximum atomic E-state index is 10.7. The molecule has 0 fully saturated rings. The minimum absolute atomic E-state index is 0.0531. The fraction of sp³-hybridized carbons (Fsp3) is 0.400. The van der Waals surface area contributed by atoms with Crippen molar-refractivity contribution in [2.45, 2.75) is 12.2 Å². The lowest BCUT2D eigenvalue weighted by atomic mass is 10.0. The molecule has 0 aliphatic carbocycles. The molecule has 0 radical (unpaired) electrons. The zero-order valence-corrected chi connectivity index (χ0v) is 10.0. The second kappa shape index (κ2) is 6.55. The summed E-state index contributed by atoms with van der Waals surface area (Å²) in [5.74, 6) is 0.193. The molecule has 2 atom stereocenters. The van der Waals surface area contributed by atoms with Crippen LogP contribution in [0.2, 0.25) is 0 Å². The number of benzene rings is 1. The Morgan fingerprint density at radius 3 is 2.79 bits per heavy atom. The number of hydrogen-bond acceptors (Lipinski definition) is 6. The van der Waals surface area contributed by atoms with E-state index >= 15 is 0 Å². The second-order valence-corrected chi connectivity index (χ2v) is 3.61. The highest BCUT2D eigenvalue weighted by molar-refractivity contribution is 5.45. The van der Waals surface area contributed by atoms with Crippen LogP contribution in [-0.4, -0.2) is 34.9 Å². The lowest BCUT2D eigenvalue weighted by Gasteiger charge is -2.18. The molecule has 0 heterocycles. The molecule has 0 aliphatic rings. The molecule has 19 heavy (non-hydrogen) atoms. The maximum absolute atomic E-state index is 10.7. The summed E-state index contributed by atoms with van der Waals surface area (Å²) in [4.78, 5) is 12.5. The van der Waals surface area contributed by atoms with Gasteiger partial charge in [0.1, 0.15) is 11.9 Å². The third-order valence-electron chi connectivity index (χ3n) is 2.44. The fourth-order valence-corrected chi connectivity index (χ4v) is 1.49. The molecule has 0 aromatic heterocycles. The van der Waals surface area contributed by atoms with Gasteiger partial charge in [-0.2, -0.15) is 0 Å². The highest BCUT2D eigenvalue weighted by atomic mass is 16.6. The van der Waals surface area contributed by atoms with Crippen molar-refractivity contribution in [3.05, 3.63) is 44.3 Å². The van der Waals surface area contributed by atoms with E-state index in [2.05, 4.69) is 10.0 Å². The van der Waals surface area contributed by atoms with E-state index in [1.54, 1.807) is 0 Å². The molecule has 1 aromatic carbocycles. The van der Waals surface area contributed by atoms with Gasteiger partial charge in [0.25, 0.3) is 5.69 Å². The van der Waals surface area contributed by atoms with E-state index in [4.69, 9.17) is 10.3 Å². The molecule has 2 unspecified atom stereocenters. The van der Waals surface area contributed by atoms with Crippen molar-refractivity contribution in [2.24, 2.45) is 5.11 Å². The van der Waals surface area contributed by atoms with Crippen LogP contribution < -0.4 is 4.74 Å². The minimum atomic E-state index is -1.46. The molecular weight excluding hydrogens is 256 g/mol. The van der Waals surface area contributed by atoms with Gasteiger partial charge in [-0.3, -0.25) is 10.1 Å². The predicted molar refractivity (Wildman–Crippen MR) is 64.6 cm³/mol. The summed E-state index contributed by atoms with van der Waals surface area (Å²) in [6.45, 7) is -0.358. The normalized spacial score (nSPS) is 13.2. The Morgan fingerprint density at radius 2 is 2.26 bits per heavy atom. The van der Waals surface area contributed by atoms with Gasteiger partial charge in [0.05, 0.1) is 24.7 Å². The van der Waals surface area contributed by atoms with Gasteiger partial charge in [-0.1, -0.05) is 5.11 Å². The standard InChI is InChI=1S/C10H12N4O5/c1-19-9-3-2-6(14(17)18)4-7(9)10(16)8(15)5-12-13-11/h2-4,8,10,15-16H,5H2,1H3. The van der Waals surface area contributed by atoms with E-state index in [0.29, 0.717) is 0 Å². The summed E-state index contributed by atoms with van der Waals surface area (Å²) in [7, 11) is 1.33. The molecule has 9 heteroatoms. The molecule has 9 nitrogen and oxygen atoms in total. The van der Waals surface area contributed by atoms with Crippen molar-refractivity contribution in [1.29, 1.82) is 0 Å². The number of ether oxygens (including phenoxy) is 1. The first kappa shape index (κ1) is 14.7. The first-order chi connectivity index (χ1) is 9.01. The number of nitro benzene ring substituents is 1. The molecule has 1 rings (SSSR count). The zero-order valence-electron chi connectivity index (χ0n) is 10.0. The Morgan fingerprint density at radius 1 is 1.58 bits per heavy atom. The molecule has 2 N–H and O–H groups in total. The van der Waals surface area contributed by atoms with Gasteiger partial charge in [0, 0.05) is 22.6 Å². The number of non-ortho nitro benzene ring substituents is 1. The fourth-order valence-electron chi connectivity index (χ4n) is 1.49. The molecule has 0 aliphatic heterocycles. The molecule has 102 valence electrons. The first-order valence-electron chi connectivity index (χ1n) is 5.20. The summed E-state index contributed by atoms with van der Waals surface area (Å²) in [5, 5.41) is 33.3. The molecular formula is C10H12N4O5. The van der Waals surface area contributed by atoms with Crippen molar-refractivity contribution < 1.29 is 19.9 Å². The highest BCUT2D eigenvalue weighted by Crippen LogP contribution is 2.31. The van der Waals surface area contributed by atoms with Crippen LogP contribution in [0.15, 0.2) is 23.3 Å². The number of aliphatic hydroxyl groups is 2. The molecule has 0 bridgehead atoms. The van der Waals surface area contributed by atoms with Crippen LogP contribution in [0.5, 0.6) is 5.75 Å². The van der Waals surface area contributed by atoms with Crippen molar-refractivity contribution in [3.8, 4) is 5.75 Å². The minimum Gasteiger partial charge on any atom is -0.496 e. The van der Waals surface area contributed by atoms with Crippen molar-refractivity contribution in [1.82, 2.24) is 0 Å². The average molecular weight is 268 g/mol. The van der Waals surface area contributed by atoms with Gasteiger partial charge in [-0.15, -0.1) is 0 Å². The van der Waals surface area contributed by atoms with Crippen molar-refractivity contribution >= 4 is 5.69 Å². The largest absolute Gasteiger partial charge is 0.496 e. The summed E-state index contributed by atoms with van der Waals surface area (Å²) in [5.41, 5.74) is 7.95. The van der Waals surface area contributed by atoms with Gasteiger partial charge >= 0.3 is 0 Å². The van der Waals surface area contributed by atoms with E-state index in [1.165, 1.54) is 19.2 Å². The van der Waals surface area contributed by atoms with E-state index in [9.17, 15) is 20.3 Å². The quantitative estimate of drug-likeness (QED) is 0.263. The zero-order chi connectivity index (χ0) is 14.4. The Bertz CT molecular complexity index is 515. The van der Waals surface area contributed by atoms with Crippen LogP contribution in [0.4, 0.5) is 5.69 Å². The Kier molecular flexibility index (Phi) is 5.07. The van der Waals surface area contributed by atoms with Crippen LogP contribution in [0, 0.1) is 10.1 Å². The van der Waals surface area contributed by atoms with Gasteiger partial charge in [-0.25, -0.2) is 0 Å². The van der Waals surface area contributed by atoms with E-state index < -0.39 is 17.1 Å². The third-order valence-corrected chi connectivity index (χ3v) is 2.44. The summed E-state index contributed by atoms with van der Waals surface area (Å²) in [6.07, 6.45) is -2.84. The van der Waals surface area contributed by atoms with Crippen molar-refractivity contribution in [2.75, 3.05) is 13.7 Å². The third kappa shape index (κ3) is 3.55. The van der Waals surface area contributed by atoms with Crippen LogP contribution in [0.25, 0.3) is 10.4 Å². The van der Waals surface area contributed by atoms with Crippen LogP contribution in [0.3, 0.4) is 0 Å². The second-order valence-electron chi connectivity index (χ2n) is 3.61. The van der Waals surface area contributed by atoms with E-state index in [1.807, 2.05) is 0 Å². The van der Waals surface area contributed by atoms with Gasteiger partial charge in [0.15, 0.2) is 0 Å². The van der Waals surface area contributed by atoms with E-state index in [-0.39, 0.29) is 23.5 Å². The smallest absolute Gasteiger partial charge is 0.270 e. The number of azide groups is 1. The van der Waals surface area contributed by atoms with Gasteiger partial charge in [0.2, 0.25) is 0 Å². The molecule has 0 amide bonds. The Balaban J connectivity index is 3.11.